The molecule has 118 valence electrons. The van der Waals surface area contributed by atoms with Gasteiger partial charge in [0.05, 0.1) is 0 Å². The topological polar surface area (TPSA) is 49.8 Å². The maximum absolute atomic E-state index is 4.69. The maximum Gasteiger partial charge on any atom is 0.134 e. The third-order valence-electron chi connectivity index (χ3n) is 4.85. The van der Waals surface area contributed by atoms with E-state index in [1.807, 2.05) is 0 Å². The molecule has 0 unspecified atom stereocenters. The van der Waals surface area contributed by atoms with E-state index >= 15 is 0 Å². The number of rotatable bonds is 8. The van der Waals surface area contributed by atoms with Crippen molar-refractivity contribution in [3.63, 3.8) is 0 Å². The van der Waals surface area contributed by atoms with Crippen LogP contribution in [0.25, 0.3) is 0 Å². The zero-order chi connectivity index (χ0) is 15.3. The van der Waals surface area contributed by atoms with Crippen LogP contribution in [0.5, 0.6) is 0 Å². The van der Waals surface area contributed by atoms with Gasteiger partial charge >= 0.3 is 0 Å². The van der Waals surface area contributed by atoms with Crippen LogP contribution in [0.4, 0.5) is 11.6 Å². The van der Waals surface area contributed by atoms with E-state index in [0.717, 1.165) is 49.0 Å². The predicted octanol–water partition coefficient (Wildman–Crippen LogP) is 4.16. The molecular formula is C17H30N4. The molecule has 0 spiro atoms. The summed E-state index contributed by atoms with van der Waals surface area (Å²) < 4.78 is 0. The first kappa shape index (κ1) is 16.1. The molecule has 0 aromatic carbocycles. The van der Waals surface area contributed by atoms with Gasteiger partial charge in [0.15, 0.2) is 0 Å². The first-order valence-corrected chi connectivity index (χ1v) is 8.49. The van der Waals surface area contributed by atoms with Gasteiger partial charge < -0.3 is 10.6 Å². The van der Waals surface area contributed by atoms with E-state index < -0.39 is 0 Å². The molecule has 1 aliphatic carbocycles. The summed E-state index contributed by atoms with van der Waals surface area (Å²) in [6.07, 6.45) is 7.30. The molecule has 1 aromatic heterocycles. The average Bonchev–Trinajstić information content (AvgIpc) is 2.46. The van der Waals surface area contributed by atoms with Crippen molar-refractivity contribution in [1.29, 1.82) is 0 Å². The molecule has 0 atom stereocenters. The predicted molar refractivity (Wildman–Crippen MR) is 90.0 cm³/mol. The van der Waals surface area contributed by atoms with Gasteiger partial charge in [0.25, 0.3) is 0 Å². The van der Waals surface area contributed by atoms with Crippen molar-refractivity contribution in [1.82, 2.24) is 9.97 Å². The number of anilines is 2. The van der Waals surface area contributed by atoms with E-state index in [1.165, 1.54) is 25.7 Å². The highest BCUT2D eigenvalue weighted by Gasteiger charge is 2.34. The van der Waals surface area contributed by atoms with Crippen molar-refractivity contribution < 1.29 is 0 Å². The van der Waals surface area contributed by atoms with Crippen LogP contribution in [-0.2, 0) is 6.42 Å². The zero-order valence-electron chi connectivity index (χ0n) is 14.1. The van der Waals surface area contributed by atoms with Crippen LogP contribution in [0.3, 0.4) is 0 Å². The van der Waals surface area contributed by atoms with Gasteiger partial charge in [-0.25, -0.2) is 9.97 Å². The highest BCUT2D eigenvalue weighted by atomic mass is 15.1. The van der Waals surface area contributed by atoms with Gasteiger partial charge in [-0.15, -0.1) is 0 Å². The first-order chi connectivity index (χ1) is 10.1. The number of aromatic nitrogens is 2. The van der Waals surface area contributed by atoms with Crippen LogP contribution in [0.15, 0.2) is 0 Å². The standard InChI is InChI=1S/C17H30N4/c1-5-11-18-15-13(4)16(21-14(6-2)20-15)19-12-17(7-3)9-8-10-17/h5-12H2,1-4H3,(H2,18,19,20,21). The molecule has 1 fully saturated rings. The Morgan fingerprint density at radius 1 is 1.05 bits per heavy atom. The highest BCUT2D eigenvalue weighted by Crippen LogP contribution is 2.43. The molecule has 1 heterocycles. The molecule has 2 rings (SSSR count). The van der Waals surface area contributed by atoms with Gasteiger partial charge in [-0.1, -0.05) is 27.2 Å². The molecule has 0 radical (unpaired) electrons. The summed E-state index contributed by atoms with van der Waals surface area (Å²) in [6, 6.07) is 0. The second-order valence-electron chi connectivity index (χ2n) is 6.30. The zero-order valence-corrected chi connectivity index (χ0v) is 14.1. The minimum atomic E-state index is 0.501. The lowest BCUT2D eigenvalue weighted by Crippen LogP contribution is -2.36. The van der Waals surface area contributed by atoms with Crippen molar-refractivity contribution in [2.45, 2.75) is 66.2 Å². The van der Waals surface area contributed by atoms with Crippen molar-refractivity contribution >= 4 is 11.6 Å². The second kappa shape index (κ2) is 7.10. The minimum Gasteiger partial charge on any atom is -0.370 e. The number of hydrogen-bond donors (Lipinski definition) is 2. The number of nitrogens with one attached hydrogen (secondary N) is 2. The van der Waals surface area contributed by atoms with Crippen LogP contribution in [0, 0.1) is 12.3 Å². The van der Waals surface area contributed by atoms with E-state index in [0.29, 0.717) is 5.41 Å². The lowest BCUT2D eigenvalue weighted by molar-refractivity contribution is 0.145. The number of hydrogen-bond acceptors (Lipinski definition) is 4. The Hall–Kier alpha value is -1.32. The van der Waals surface area contributed by atoms with Gasteiger partial charge in [-0.2, -0.15) is 0 Å². The Kier molecular flexibility index (Phi) is 5.43. The van der Waals surface area contributed by atoms with Crippen LogP contribution in [0.1, 0.15) is 64.3 Å². The molecule has 0 bridgehead atoms. The Bertz CT molecular complexity index is 461. The molecule has 0 aliphatic heterocycles. The van der Waals surface area contributed by atoms with Gasteiger partial charge in [0.2, 0.25) is 0 Å². The van der Waals surface area contributed by atoms with Gasteiger partial charge in [0, 0.05) is 25.1 Å². The molecule has 1 saturated carbocycles. The fraction of sp³-hybridized carbons (Fsp3) is 0.765. The maximum atomic E-state index is 4.69. The van der Waals surface area contributed by atoms with E-state index in [-0.39, 0.29) is 0 Å². The molecule has 1 aromatic rings. The quantitative estimate of drug-likeness (QED) is 0.754. The fourth-order valence-corrected chi connectivity index (χ4v) is 2.91. The van der Waals surface area contributed by atoms with Crippen LogP contribution >= 0.6 is 0 Å². The van der Waals surface area contributed by atoms with E-state index in [2.05, 4.69) is 43.3 Å². The SMILES string of the molecule is CCCNc1nc(CC)nc(NCC2(CC)CCC2)c1C. The summed E-state index contributed by atoms with van der Waals surface area (Å²) in [4.78, 5) is 9.32. The highest BCUT2D eigenvalue weighted by molar-refractivity contribution is 5.57. The Labute approximate surface area is 129 Å². The van der Waals surface area contributed by atoms with E-state index in [4.69, 9.17) is 4.98 Å². The number of aryl methyl sites for hydroxylation is 1. The van der Waals surface area contributed by atoms with Crippen molar-refractivity contribution in [2.75, 3.05) is 23.7 Å². The van der Waals surface area contributed by atoms with Gasteiger partial charge in [-0.3, -0.25) is 0 Å². The third-order valence-corrected chi connectivity index (χ3v) is 4.85. The summed E-state index contributed by atoms with van der Waals surface area (Å²) in [6.45, 7) is 10.7. The summed E-state index contributed by atoms with van der Waals surface area (Å²) in [5.41, 5.74) is 1.65. The van der Waals surface area contributed by atoms with E-state index in [9.17, 15) is 0 Å². The molecule has 0 amide bonds. The van der Waals surface area contributed by atoms with Crippen molar-refractivity contribution in [3.05, 3.63) is 11.4 Å². The monoisotopic (exact) mass is 290 g/mol. The molecule has 1 aliphatic rings. The molecule has 2 N–H and O–H groups in total. The fourth-order valence-electron chi connectivity index (χ4n) is 2.91. The summed E-state index contributed by atoms with van der Waals surface area (Å²) in [7, 11) is 0. The summed E-state index contributed by atoms with van der Waals surface area (Å²) in [5, 5.41) is 7.03. The molecular weight excluding hydrogens is 260 g/mol. The van der Waals surface area contributed by atoms with Crippen LogP contribution in [-0.4, -0.2) is 23.1 Å². The van der Waals surface area contributed by atoms with Crippen molar-refractivity contribution in [2.24, 2.45) is 5.41 Å². The second-order valence-corrected chi connectivity index (χ2v) is 6.30. The van der Waals surface area contributed by atoms with Gasteiger partial charge in [-0.05, 0) is 38.0 Å². The Morgan fingerprint density at radius 2 is 1.71 bits per heavy atom. The first-order valence-electron chi connectivity index (χ1n) is 8.49. The normalized spacial score (nSPS) is 16.4. The van der Waals surface area contributed by atoms with Crippen LogP contribution in [0.2, 0.25) is 0 Å². The Balaban J connectivity index is 2.13. The molecule has 4 nitrogen and oxygen atoms in total. The molecule has 0 saturated heterocycles. The minimum absolute atomic E-state index is 0.501. The summed E-state index contributed by atoms with van der Waals surface area (Å²) >= 11 is 0. The molecule has 4 heteroatoms. The van der Waals surface area contributed by atoms with Crippen molar-refractivity contribution in [3.8, 4) is 0 Å². The van der Waals surface area contributed by atoms with Gasteiger partial charge in [0.1, 0.15) is 17.5 Å². The van der Waals surface area contributed by atoms with E-state index in [1.54, 1.807) is 0 Å². The average molecular weight is 290 g/mol. The lowest BCUT2D eigenvalue weighted by atomic mass is 9.67. The molecule has 21 heavy (non-hydrogen) atoms. The van der Waals surface area contributed by atoms with Crippen LogP contribution < -0.4 is 10.6 Å². The smallest absolute Gasteiger partial charge is 0.134 e. The lowest BCUT2D eigenvalue weighted by Gasteiger charge is -2.41. The number of nitrogens with zero attached hydrogens (tertiary/aromatic N) is 2. The third kappa shape index (κ3) is 3.66. The Morgan fingerprint density at radius 3 is 2.19 bits per heavy atom. The summed E-state index contributed by atoms with van der Waals surface area (Å²) in [5.74, 6) is 2.92. The largest absolute Gasteiger partial charge is 0.370 e.